The highest BCUT2D eigenvalue weighted by Gasteiger charge is 2.03. The molecule has 0 saturated heterocycles. The van der Waals surface area contributed by atoms with Gasteiger partial charge in [-0.25, -0.2) is 4.98 Å². The number of hydrogen-bond donors (Lipinski definition) is 2. The monoisotopic (exact) mass is 224 g/mol. The second-order valence-electron chi connectivity index (χ2n) is 3.11. The third kappa shape index (κ3) is 2.54. The van der Waals surface area contributed by atoms with Gasteiger partial charge in [0.1, 0.15) is 11.6 Å². The minimum Gasteiger partial charge on any atom is -0.470 e. The molecule has 0 aliphatic heterocycles. The summed E-state index contributed by atoms with van der Waals surface area (Å²) >= 11 is 1.55. The van der Waals surface area contributed by atoms with Crippen LogP contribution in [-0.4, -0.2) is 15.2 Å². The van der Waals surface area contributed by atoms with Crippen LogP contribution in [0.1, 0.15) is 16.4 Å². The maximum atomic E-state index is 5.46. The fourth-order valence-electron chi connectivity index (χ4n) is 1.12. The van der Waals surface area contributed by atoms with Crippen molar-refractivity contribution in [3.8, 4) is 5.88 Å². The number of aromatic amines is 1. The van der Waals surface area contributed by atoms with Crippen molar-refractivity contribution in [2.45, 2.75) is 20.1 Å². The van der Waals surface area contributed by atoms with E-state index in [1.165, 1.54) is 0 Å². The summed E-state index contributed by atoms with van der Waals surface area (Å²) in [5, 5.41) is 9.64. The minimum atomic E-state index is 0.431. The molecule has 0 spiro atoms. The normalized spacial score (nSPS) is 10.5. The number of aryl methyl sites for hydroxylation is 1. The topological polar surface area (TPSA) is 76.8 Å². The summed E-state index contributed by atoms with van der Waals surface area (Å²) in [5.74, 6) is 0.592. The van der Waals surface area contributed by atoms with E-state index < -0.39 is 0 Å². The summed E-state index contributed by atoms with van der Waals surface area (Å²) in [5.41, 5.74) is 7.33. The van der Waals surface area contributed by atoms with Crippen LogP contribution in [-0.2, 0) is 13.2 Å². The van der Waals surface area contributed by atoms with Crippen LogP contribution < -0.4 is 10.5 Å². The standard InChI is InChI=1S/C9H12N4OS/c1-6-2-8(13-12-6)14-4-7-5-15-9(3-10)11-7/h2,5H,3-4,10H2,1H3,(H,12,13). The maximum Gasteiger partial charge on any atom is 0.233 e. The van der Waals surface area contributed by atoms with Gasteiger partial charge in [-0.3, -0.25) is 5.10 Å². The first-order valence-corrected chi connectivity index (χ1v) is 5.44. The molecular formula is C9H12N4OS. The maximum absolute atomic E-state index is 5.46. The van der Waals surface area contributed by atoms with Gasteiger partial charge in [0.05, 0.1) is 5.69 Å². The van der Waals surface area contributed by atoms with E-state index in [9.17, 15) is 0 Å². The van der Waals surface area contributed by atoms with Crippen LogP contribution >= 0.6 is 11.3 Å². The number of thiazole rings is 1. The van der Waals surface area contributed by atoms with Gasteiger partial charge in [0.2, 0.25) is 5.88 Å². The van der Waals surface area contributed by atoms with E-state index in [0.717, 1.165) is 16.4 Å². The third-order valence-corrected chi connectivity index (χ3v) is 2.74. The summed E-state index contributed by atoms with van der Waals surface area (Å²) in [7, 11) is 0. The van der Waals surface area contributed by atoms with E-state index >= 15 is 0 Å². The molecule has 0 aromatic carbocycles. The molecule has 0 unspecified atom stereocenters. The molecule has 2 heterocycles. The molecule has 0 aliphatic rings. The van der Waals surface area contributed by atoms with E-state index in [1.807, 2.05) is 18.4 Å². The molecule has 2 aromatic rings. The molecule has 0 aliphatic carbocycles. The second kappa shape index (κ2) is 4.41. The van der Waals surface area contributed by atoms with E-state index in [2.05, 4.69) is 15.2 Å². The SMILES string of the molecule is Cc1cc(OCc2csc(CN)n2)n[nH]1. The lowest BCUT2D eigenvalue weighted by Crippen LogP contribution is -1.98. The average Bonchev–Trinajstić information content (AvgIpc) is 2.83. The number of nitrogens with one attached hydrogen (secondary N) is 1. The van der Waals surface area contributed by atoms with Crippen LogP contribution in [0.2, 0.25) is 0 Å². The number of ether oxygens (including phenoxy) is 1. The lowest BCUT2D eigenvalue weighted by Gasteiger charge is -1.97. The van der Waals surface area contributed by atoms with Gasteiger partial charge >= 0.3 is 0 Å². The van der Waals surface area contributed by atoms with Crippen molar-refractivity contribution >= 4 is 11.3 Å². The van der Waals surface area contributed by atoms with Crippen LogP contribution in [0.4, 0.5) is 0 Å². The molecule has 3 N–H and O–H groups in total. The third-order valence-electron chi connectivity index (χ3n) is 1.82. The van der Waals surface area contributed by atoms with Crippen LogP contribution in [0.15, 0.2) is 11.4 Å². The Hall–Kier alpha value is -1.40. The summed E-state index contributed by atoms with van der Waals surface area (Å²) in [6.45, 7) is 2.84. The van der Waals surface area contributed by atoms with Crippen molar-refractivity contribution in [2.75, 3.05) is 0 Å². The highest BCUT2D eigenvalue weighted by atomic mass is 32.1. The van der Waals surface area contributed by atoms with E-state index in [-0.39, 0.29) is 0 Å². The fraction of sp³-hybridized carbons (Fsp3) is 0.333. The number of hydrogen-bond acceptors (Lipinski definition) is 5. The highest BCUT2D eigenvalue weighted by Crippen LogP contribution is 2.12. The number of aromatic nitrogens is 3. The molecule has 0 atom stereocenters. The molecule has 0 amide bonds. The van der Waals surface area contributed by atoms with Gasteiger partial charge in [0.15, 0.2) is 0 Å². The lowest BCUT2D eigenvalue weighted by molar-refractivity contribution is 0.289. The fourth-order valence-corrected chi connectivity index (χ4v) is 1.78. The van der Waals surface area contributed by atoms with Crippen molar-refractivity contribution < 1.29 is 4.74 Å². The van der Waals surface area contributed by atoms with Crippen molar-refractivity contribution in [3.63, 3.8) is 0 Å². The van der Waals surface area contributed by atoms with Gasteiger partial charge in [-0.05, 0) is 6.92 Å². The zero-order valence-corrected chi connectivity index (χ0v) is 9.17. The molecule has 80 valence electrons. The van der Waals surface area contributed by atoms with Crippen LogP contribution in [0.25, 0.3) is 0 Å². The smallest absolute Gasteiger partial charge is 0.233 e. The van der Waals surface area contributed by atoms with Crippen molar-refractivity contribution in [2.24, 2.45) is 5.73 Å². The van der Waals surface area contributed by atoms with Gasteiger partial charge in [-0.15, -0.1) is 16.4 Å². The lowest BCUT2D eigenvalue weighted by atomic mass is 10.5. The second-order valence-corrected chi connectivity index (χ2v) is 4.06. The van der Waals surface area contributed by atoms with E-state index in [4.69, 9.17) is 10.5 Å². The number of nitrogens with zero attached hydrogens (tertiary/aromatic N) is 2. The molecule has 15 heavy (non-hydrogen) atoms. The molecule has 0 radical (unpaired) electrons. The van der Waals surface area contributed by atoms with Crippen molar-refractivity contribution in [1.82, 2.24) is 15.2 Å². The average molecular weight is 224 g/mol. The van der Waals surface area contributed by atoms with Crippen LogP contribution in [0.3, 0.4) is 0 Å². The van der Waals surface area contributed by atoms with Gasteiger partial charge in [-0.1, -0.05) is 0 Å². The van der Waals surface area contributed by atoms with Crippen LogP contribution in [0.5, 0.6) is 5.88 Å². The molecule has 0 bridgehead atoms. The van der Waals surface area contributed by atoms with Gasteiger partial charge in [-0.2, -0.15) is 0 Å². The Kier molecular flexibility index (Phi) is 2.98. The molecule has 2 aromatic heterocycles. The Morgan fingerprint density at radius 2 is 2.47 bits per heavy atom. The Balaban J connectivity index is 1.93. The number of H-pyrrole nitrogens is 1. The van der Waals surface area contributed by atoms with E-state index in [1.54, 1.807) is 11.3 Å². The van der Waals surface area contributed by atoms with Gasteiger partial charge in [0, 0.05) is 23.7 Å². The highest BCUT2D eigenvalue weighted by molar-refractivity contribution is 7.09. The van der Waals surface area contributed by atoms with Gasteiger partial charge in [0.25, 0.3) is 0 Å². The predicted octanol–water partition coefficient (Wildman–Crippen LogP) is 1.21. The molecule has 0 saturated carbocycles. The summed E-state index contributed by atoms with van der Waals surface area (Å²) < 4.78 is 5.43. The molecule has 6 heteroatoms. The van der Waals surface area contributed by atoms with Gasteiger partial charge < -0.3 is 10.5 Å². The first kappa shape index (κ1) is 10.1. The molecule has 5 nitrogen and oxygen atoms in total. The number of nitrogens with two attached hydrogens (primary N) is 1. The first-order valence-electron chi connectivity index (χ1n) is 4.56. The zero-order valence-electron chi connectivity index (χ0n) is 8.36. The Morgan fingerprint density at radius 1 is 1.60 bits per heavy atom. The summed E-state index contributed by atoms with van der Waals surface area (Å²) in [6, 6.07) is 1.84. The minimum absolute atomic E-state index is 0.431. The van der Waals surface area contributed by atoms with E-state index in [0.29, 0.717) is 19.0 Å². The predicted molar refractivity (Wildman–Crippen MR) is 57.7 cm³/mol. The summed E-state index contributed by atoms with van der Waals surface area (Å²) in [4.78, 5) is 4.28. The number of rotatable bonds is 4. The van der Waals surface area contributed by atoms with Crippen molar-refractivity contribution in [3.05, 3.63) is 27.8 Å². The Bertz CT molecular complexity index is 437. The first-order chi connectivity index (χ1) is 7.28. The van der Waals surface area contributed by atoms with Crippen molar-refractivity contribution in [1.29, 1.82) is 0 Å². The molecular weight excluding hydrogens is 212 g/mol. The largest absolute Gasteiger partial charge is 0.470 e. The quantitative estimate of drug-likeness (QED) is 0.818. The van der Waals surface area contributed by atoms with Crippen LogP contribution in [0, 0.1) is 6.92 Å². The Labute approximate surface area is 91.3 Å². The zero-order chi connectivity index (χ0) is 10.7. The molecule has 2 rings (SSSR count). The summed E-state index contributed by atoms with van der Waals surface area (Å²) in [6.07, 6.45) is 0. The molecule has 0 fully saturated rings. The Morgan fingerprint density at radius 3 is 3.07 bits per heavy atom.